The second kappa shape index (κ2) is 15.4. The second-order valence-electron chi connectivity index (χ2n) is 17.8. The molecular weight excluding hydrogens is 843 g/mol. The minimum absolute atomic E-state index is 0.477. The smallest absolute Gasteiger partial charge is 0.167 e. The van der Waals surface area contributed by atoms with Crippen molar-refractivity contribution < 1.29 is 8.83 Å². The molecule has 0 radical (unpaired) electrons. The summed E-state index contributed by atoms with van der Waals surface area (Å²) in [4.78, 5) is 15.5. The zero-order valence-electron chi connectivity index (χ0n) is 37.2. The molecule has 0 amide bonds. The van der Waals surface area contributed by atoms with E-state index in [-0.39, 0.29) is 0 Å². The largest absolute Gasteiger partial charge is 0.456 e. The maximum Gasteiger partial charge on any atom is 0.167 e. The standard InChI is InChI=1S/C64H39N3O2/c1-4-18-40(19-5-1)61-65-62(67-63(66-61)51-31-15-29-48-47-26-11-13-34-55(47)69-60(48)51)50-30-17-35-57-59(50)52-39-42(36-37-56(52)68-57)41-20-14-21-43(38-41)46-28-16-33-54-58(46)49-27-10-12-32-53(49)64(54,44-22-6-2-7-23-44)45-24-8-3-9-25-45/h1-39H. The van der Waals surface area contributed by atoms with Crippen LogP contribution in [0.15, 0.2) is 245 Å². The summed E-state index contributed by atoms with van der Waals surface area (Å²) < 4.78 is 13.1. The van der Waals surface area contributed by atoms with Gasteiger partial charge in [-0.15, -0.1) is 0 Å². The first kappa shape index (κ1) is 39.0. The molecule has 0 fully saturated rings. The van der Waals surface area contributed by atoms with Crippen LogP contribution < -0.4 is 0 Å². The Morgan fingerprint density at radius 1 is 0.304 bits per heavy atom. The van der Waals surface area contributed by atoms with Crippen molar-refractivity contribution in [2.75, 3.05) is 0 Å². The maximum atomic E-state index is 6.61. The van der Waals surface area contributed by atoms with Crippen molar-refractivity contribution in [1.29, 1.82) is 0 Å². The molecule has 0 saturated carbocycles. The van der Waals surface area contributed by atoms with Gasteiger partial charge < -0.3 is 8.83 Å². The number of para-hydroxylation sites is 2. The van der Waals surface area contributed by atoms with Crippen molar-refractivity contribution in [3.63, 3.8) is 0 Å². The van der Waals surface area contributed by atoms with E-state index in [9.17, 15) is 0 Å². The molecule has 5 nitrogen and oxygen atoms in total. The van der Waals surface area contributed by atoms with Crippen molar-refractivity contribution in [2.45, 2.75) is 5.41 Å². The van der Waals surface area contributed by atoms with E-state index < -0.39 is 5.41 Å². The van der Waals surface area contributed by atoms with E-state index in [0.29, 0.717) is 17.5 Å². The summed E-state index contributed by atoms with van der Waals surface area (Å²) in [7, 11) is 0. The number of nitrogens with zero attached hydrogens (tertiary/aromatic N) is 3. The monoisotopic (exact) mass is 881 g/mol. The van der Waals surface area contributed by atoms with E-state index in [1.54, 1.807) is 0 Å². The normalized spacial score (nSPS) is 12.8. The Morgan fingerprint density at radius 3 is 1.67 bits per heavy atom. The molecular formula is C64H39N3O2. The first-order valence-corrected chi connectivity index (χ1v) is 23.3. The Hall–Kier alpha value is -9.19. The molecule has 3 heterocycles. The van der Waals surface area contributed by atoms with Gasteiger partial charge in [0.15, 0.2) is 17.5 Å². The number of hydrogen-bond donors (Lipinski definition) is 0. The first-order chi connectivity index (χ1) is 34.2. The van der Waals surface area contributed by atoms with Crippen LogP contribution in [0.3, 0.4) is 0 Å². The van der Waals surface area contributed by atoms with E-state index in [1.165, 1.54) is 38.9 Å². The lowest BCUT2D eigenvalue weighted by molar-refractivity contribution is 0.668. The fraction of sp³-hybridized carbons (Fsp3) is 0.0156. The van der Waals surface area contributed by atoms with Gasteiger partial charge in [0.25, 0.3) is 0 Å². The molecule has 0 spiro atoms. The van der Waals surface area contributed by atoms with Crippen molar-refractivity contribution in [2.24, 2.45) is 0 Å². The van der Waals surface area contributed by atoms with Crippen LogP contribution in [-0.2, 0) is 5.41 Å². The fourth-order valence-corrected chi connectivity index (χ4v) is 11.0. The Kier molecular flexibility index (Phi) is 8.73. The van der Waals surface area contributed by atoms with Crippen LogP contribution in [0.2, 0.25) is 0 Å². The minimum Gasteiger partial charge on any atom is -0.456 e. The molecule has 10 aromatic carbocycles. The summed E-state index contributed by atoms with van der Waals surface area (Å²) in [5.74, 6) is 1.66. The highest BCUT2D eigenvalue weighted by Gasteiger charge is 2.46. The van der Waals surface area contributed by atoms with Crippen molar-refractivity contribution in [3.05, 3.63) is 259 Å². The average Bonchev–Trinajstić information content (AvgIpc) is 4.10. The van der Waals surface area contributed by atoms with Gasteiger partial charge in [-0.2, -0.15) is 0 Å². The van der Waals surface area contributed by atoms with E-state index in [2.05, 4.69) is 164 Å². The molecule has 1 aliphatic rings. The van der Waals surface area contributed by atoms with Crippen LogP contribution >= 0.6 is 0 Å². The van der Waals surface area contributed by atoms with Crippen molar-refractivity contribution in [1.82, 2.24) is 15.0 Å². The third-order valence-corrected chi connectivity index (χ3v) is 14.0. The lowest BCUT2D eigenvalue weighted by Gasteiger charge is -2.34. The van der Waals surface area contributed by atoms with Crippen LogP contribution in [0.4, 0.5) is 0 Å². The number of fused-ring (bicyclic) bond motifs is 9. The average molecular weight is 882 g/mol. The van der Waals surface area contributed by atoms with E-state index in [0.717, 1.165) is 77.3 Å². The number of aromatic nitrogens is 3. The van der Waals surface area contributed by atoms with Gasteiger partial charge >= 0.3 is 0 Å². The van der Waals surface area contributed by atoms with Crippen LogP contribution in [0, 0.1) is 0 Å². The zero-order valence-corrected chi connectivity index (χ0v) is 37.2. The third kappa shape index (κ3) is 6.00. The highest BCUT2D eigenvalue weighted by molar-refractivity contribution is 6.13. The van der Waals surface area contributed by atoms with Crippen LogP contribution in [0.5, 0.6) is 0 Å². The summed E-state index contributed by atoms with van der Waals surface area (Å²) >= 11 is 0. The highest BCUT2D eigenvalue weighted by atomic mass is 16.3. The first-order valence-electron chi connectivity index (χ1n) is 23.3. The highest BCUT2D eigenvalue weighted by Crippen LogP contribution is 2.58. The predicted octanol–water partition coefficient (Wildman–Crippen LogP) is 16.4. The molecule has 1 aliphatic carbocycles. The zero-order chi connectivity index (χ0) is 45.5. The predicted molar refractivity (Wildman–Crippen MR) is 279 cm³/mol. The molecule has 5 heteroatoms. The van der Waals surface area contributed by atoms with Crippen LogP contribution in [0.25, 0.3) is 111 Å². The molecule has 0 bridgehead atoms. The second-order valence-corrected chi connectivity index (χ2v) is 17.8. The number of rotatable bonds is 7. The lowest BCUT2D eigenvalue weighted by Crippen LogP contribution is -2.28. The fourth-order valence-electron chi connectivity index (χ4n) is 11.0. The molecule has 14 rings (SSSR count). The lowest BCUT2D eigenvalue weighted by atomic mass is 9.67. The van der Waals surface area contributed by atoms with Gasteiger partial charge in [-0.1, -0.05) is 200 Å². The summed E-state index contributed by atoms with van der Waals surface area (Å²) in [6.45, 7) is 0. The van der Waals surface area contributed by atoms with Crippen molar-refractivity contribution in [3.8, 4) is 67.5 Å². The van der Waals surface area contributed by atoms with Crippen LogP contribution in [-0.4, -0.2) is 15.0 Å². The molecule has 0 unspecified atom stereocenters. The summed E-state index contributed by atoms with van der Waals surface area (Å²) in [6, 6.07) is 83.6. The van der Waals surface area contributed by atoms with Crippen molar-refractivity contribution >= 4 is 43.9 Å². The molecule has 322 valence electrons. The quantitative estimate of drug-likeness (QED) is 0.160. The van der Waals surface area contributed by atoms with Gasteiger partial charge in [-0.05, 0) is 92.0 Å². The van der Waals surface area contributed by atoms with Gasteiger partial charge in [-0.25, -0.2) is 15.0 Å². The van der Waals surface area contributed by atoms with E-state index >= 15 is 0 Å². The van der Waals surface area contributed by atoms with Gasteiger partial charge in [-0.3, -0.25) is 0 Å². The minimum atomic E-state index is -0.477. The summed E-state index contributed by atoms with van der Waals surface area (Å²) in [5, 5.41) is 3.99. The molecule has 13 aromatic rings. The molecule has 69 heavy (non-hydrogen) atoms. The van der Waals surface area contributed by atoms with Gasteiger partial charge in [0, 0.05) is 32.7 Å². The molecule has 0 N–H and O–H groups in total. The Morgan fingerprint density at radius 2 is 0.841 bits per heavy atom. The summed E-state index contributed by atoms with van der Waals surface area (Å²) in [6.07, 6.45) is 0. The third-order valence-electron chi connectivity index (χ3n) is 14.0. The van der Waals surface area contributed by atoms with E-state index in [4.69, 9.17) is 23.8 Å². The molecule has 3 aromatic heterocycles. The number of hydrogen-bond acceptors (Lipinski definition) is 5. The summed E-state index contributed by atoms with van der Waals surface area (Å²) in [5.41, 5.74) is 17.3. The molecule has 0 aliphatic heterocycles. The molecule has 0 saturated heterocycles. The number of benzene rings is 10. The Balaban J connectivity index is 0.925. The van der Waals surface area contributed by atoms with Gasteiger partial charge in [0.1, 0.15) is 22.3 Å². The Labute approximate surface area is 397 Å². The van der Waals surface area contributed by atoms with E-state index in [1.807, 2.05) is 72.8 Å². The van der Waals surface area contributed by atoms with Gasteiger partial charge in [0.2, 0.25) is 0 Å². The Bertz CT molecular complexity index is 4100. The molecule has 0 atom stereocenters. The maximum absolute atomic E-state index is 6.61. The van der Waals surface area contributed by atoms with Crippen LogP contribution in [0.1, 0.15) is 22.3 Å². The number of furan rings is 2. The van der Waals surface area contributed by atoms with Gasteiger partial charge in [0.05, 0.1) is 11.0 Å². The SMILES string of the molecule is c1ccc(-c2nc(-c3cccc4c3oc3ccccc34)nc(-c3cccc4oc5ccc(-c6cccc(-c7cccc8c7-c7ccccc7C8(c7ccccc7)c7ccccc7)c6)cc5c34)n2)cc1. The topological polar surface area (TPSA) is 65.0 Å².